The Morgan fingerprint density at radius 2 is 1.86 bits per heavy atom. The third-order valence-electron chi connectivity index (χ3n) is 6.93. The van der Waals surface area contributed by atoms with Crippen LogP contribution in [0, 0.1) is 0 Å². The molecule has 9 nitrogen and oxygen atoms in total. The lowest BCUT2D eigenvalue weighted by molar-refractivity contribution is 0.0689. The number of H-pyrrole nitrogens is 1. The number of carbonyl (C=O) groups is 3. The van der Waals surface area contributed by atoms with Gasteiger partial charge in [-0.05, 0) is 42.7 Å². The van der Waals surface area contributed by atoms with Crippen LogP contribution in [0.4, 0.5) is 0 Å². The molecule has 0 radical (unpaired) electrons. The minimum atomic E-state index is -1.00. The summed E-state index contributed by atoms with van der Waals surface area (Å²) < 4.78 is 1.77. The number of carbonyl (C=O) groups excluding carboxylic acids is 2. The van der Waals surface area contributed by atoms with E-state index in [0.717, 1.165) is 29.3 Å². The van der Waals surface area contributed by atoms with Crippen LogP contribution in [0.25, 0.3) is 10.9 Å². The zero-order valence-corrected chi connectivity index (χ0v) is 18.8. The number of fused-ring (bicyclic) bond motifs is 2. The first-order valence-electron chi connectivity index (χ1n) is 11.5. The molecule has 2 amide bonds. The van der Waals surface area contributed by atoms with Crippen molar-refractivity contribution < 1.29 is 19.5 Å². The molecule has 1 aliphatic heterocycles. The van der Waals surface area contributed by atoms with Gasteiger partial charge in [0.1, 0.15) is 5.69 Å². The van der Waals surface area contributed by atoms with E-state index < -0.39 is 11.5 Å². The summed E-state index contributed by atoms with van der Waals surface area (Å²) in [5, 5.41) is 17.8. The summed E-state index contributed by atoms with van der Waals surface area (Å²) in [4.78, 5) is 42.8. The maximum absolute atomic E-state index is 13.3. The summed E-state index contributed by atoms with van der Waals surface area (Å²) in [5.74, 6) is -1.40. The Hall–Kier alpha value is -4.40. The van der Waals surface area contributed by atoms with Gasteiger partial charge < -0.3 is 20.3 Å². The van der Waals surface area contributed by atoms with E-state index in [1.54, 1.807) is 27.9 Å². The molecule has 1 fully saturated rings. The fraction of sp³-hybridized carbons (Fsp3) is 0.231. The quantitative estimate of drug-likeness (QED) is 0.415. The van der Waals surface area contributed by atoms with Crippen LogP contribution in [-0.2, 0) is 18.6 Å². The van der Waals surface area contributed by atoms with Crippen LogP contribution in [-0.4, -0.2) is 49.1 Å². The zero-order valence-electron chi connectivity index (χ0n) is 18.8. The number of nitrogens with one attached hydrogen (secondary N) is 2. The Morgan fingerprint density at radius 3 is 2.63 bits per heavy atom. The molecule has 1 aliphatic carbocycles. The van der Waals surface area contributed by atoms with Crippen molar-refractivity contribution in [2.75, 3.05) is 6.54 Å². The van der Waals surface area contributed by atoms with Gasteiger partial charge in [-0.3, -0.25) is 14.3 Å². The standard InChI is InChI=1S/C26H23N5O4/c32-23(29-26(8-9-26)18-6-3-5-17(12-18)25(34)35)19-14-27-31-11-10-30(15-22(19)31)24(33)21-13-16-4-1-2-7-20(16)28-21/h1-7,12-14,28H,8-11,15H2,(H,29,32)(H,34,35). The molecule has 3 N–H and O–H groups in total. The molecule has 0 bridgehead atoms. The van der Waals surface area contributed by atoms with Crippen LogP contribution in [0.15, 0.2) is 60.8 Å². The van der Waals surface area contributed by atoms with Crippen molar-refractivity contribution >= 4 is 28.7 Å². The topological polar surface area (TPSA) is 120 Å². The van der Waals surface area contributed by atoms with E-state index in [9.17, 15) is 19.5 Å². The number of nitrogens with zero attached hydrogens (tertiary/aromatic N) is 3. The van der Waals surface area contributed by atoms with Gasteiger partial charge in [0.2, 0.25) is 0 Å². The predicted molar refractivity (Wildman–Crippen MR) is 127 cm³/mol. The number of hydrogen-bond donors (Lipinski definition) is 3. The molecule has 9 heteroatoms. The molecule has 35 heavy (non-hydrogen) atoms. The molecule has 3 heterocycles. The van der Waals surface area contributed by atoms with Crippen LogP contribution >= 0.6 is 0 Å². The van der Waals surface area contributed by atoms with Crippen molar-refractivity contribution in [2.24, 2.45) is 0 Å². The highest BCUT2D eigenvalue weighted by Crippen LogP contribution is 2.46. The molecule has 0 saturated heterocycles. The summed E-state index contributed by atoms with van der Waals surface area (Å²) in [7, 11) is 0. The van der Waals surface area contributed by atoms with Gasteiger partial charge in [-0.1, -0.05) is 30.3 Å². The number of aromatic carboxylic acids is 1. The normalized spacial score (nSPS) is 16.1. The number of benzene rings is 2. The highest BCUT2D eigenvalue weighted by Gasteiger charge is 2.46. The van der Waals surface area contributed by atoms with Gasteiger partial charge >= 0.3 is 5.97 Å². The number of para-hydroxylation sites is 1. The number of aromatic nitrogens is 3. The Labute approximate surface area is 200 Å². The maximum atomic E-state index is 13.3. The Bertz CT molecular complexity index is 1460. The first kappa shape index (κ1) is 21.2. The van der Waals surface area contributed by atoms with Crippen LogP contribution in [0.3, 0.4) is 0 Å². The second-order valence-electron chi connectivity index (χ2n) is 9.15. The fourth-order valence-corrected chi connectivity index (χ4v) is 4.81. The molecule has 4 aromatic rings. The van der Waals surface area contributed by atoms with E-state index in [-0.39, 0.29) is 23.9 Å². The first-order chi connectivity index (χ1) is 16.9. The number of carboxylic acids is 1. The molecule has 0 spiro atoms. The van der Waals surface area contributed by atoms with E-state index in [1.165, 1.54) is 6.07 Å². The molecule has 6 rings (SSSR count). The molecule has 0 unspecified atom stereocenters. The third-order valence-corrected chi connectivity index (χ3v) is 6.93. The Morgan fingerprint density at radius 1 is 1.03 bits per heavy atom. The minimum Gasteiger partial charge on any atom is -0.478 e. The lowest BCUT2D eigenvalue weighted by Crippen LogP contribution is -2.40. The van der Waals surface area contributed by atoms with Crippen molar-refractivity contribution in [3.05, 3.63) is 88.9 Å². The van der Waals surface area contributed by atoms with Crippen LogP contribution in [0.2, 0.25) is 0 Å². The van der Waals surface area contributed by atoms with E-state index >= 15 is 0 Å². The van der Waals surface area contributed by atoms with Gasteiger partial charge in [0.05, 0.1) is 41.6 Å². The highest BCUT2D eigenvalue weighted by molar-refractivity contribution is 5.99. The van der Waals surface area contributed by atoms with Crippen LogP contribution in [0.1, 0.15) is 55.3 Å². The van der Waals surface area contributed by atoms with Crippen molar-refractivity contribution in [2.45, 2.75) is 31.5 Å². The van der Waals surface area contributed by atoms with Gasteiger partial charge in [0.15, 0.2) is 0 Å². The monoisotopic (exact) mass is 469 g/mol. The second kappa shape index (κ2) is 7.83. The van der Waals surface area contributed by atoms with Crippen molar-refractivity contribution in [3.63, 3.8) is 0 Å². The molecule has 2 aliphatic rings. The molecule has 1 saturated carbocycles. The second-order valence-corrected chi connectivity index (χ2v) is 9.15. The van der Waals surface area contributed by atoms with Gasteiger partial charge in [0, 0.05) is 17.4 Å². The van der Waals surface area contributed by atoms with Crippen molar-refractivity contribution in [3.8, 4) is 0 Å². The number of rotatable bonds is 5. The van der Waals surface area contributed by atoms with Crippen molar-refractivity contribution in [1.82, 2.24) is 25.0 Å². The van der Waals surface area contributed by atoms with E-state index in [0.29, 0.717) is 30.0 Å². The van der Waals surface area contributed by atoms with Crippen LogP contribution < -0.4 is 5.32 Å². The van der Waals surface area contributed by atoms with E-state index in [4.69, 9.17) is 0 Å². The van der Waals surface area contributed by atoms with Gasteiger partial charge in [-0.15, -0.1) is 0 Å². The van der Waals surface area contributed by atoms with Gasteiger partial charge in [0.25, 0.3) is 11.8 Å². The highest BCUT2D eigenvalue weighted by atomic mass is 16.4. The molecule has 0 atom stereocenters. The Kier molecular flexibility index (Phi) is 4.73. The molecule has 176 valence electrons. The van der Waals surface area contributed by atoms with Crippen molar-refractivity contribution in [1.29, 1.82) is 0 Å². The molecule has 2 aromatic heterocycles. The average molecular weight is 470 g/mol. The first-order valence-corrected chi connectivity index (χ1v) is 11.5. The summed E-state index contributed by atoms with van der Waals surface area (Å²) in [6, 6.07) is 16.3. The summed E-state index contributed by atoms with van der Waals surface area (Å²) in [6.45, 7) is 1.27. The predicted octanol–water partition coefficient (Wildman–Crippen LogP) is 3.14. The van der Waals surface area contributed by atoms with E-state index in [1.807, 2.05) is 36.4 Å². The SMILES string of the molecule is O=C(O)c1cccc(C2(NC(=O)c3cnn4c3CN(C(=O)c3cc5ccccc5[nH]3)CC4)CC2)c1. The number of hydrogen-bond acceptors (Lipinski definition) is 4. The number of amides is 2. The number of carboxylic acid groups (broad SMARTS) is 1. The smallest absolute Gasteiger partial charge is 0.335 e. The fourth-order valence-electron chi connectivity index (χ4n) is 4.81. The lowest BCUT2D eigenvalue weighted by atomic mass is 10.0. The lowest BCUT2D eigenvalue weighted by Gasteiger charge is -2.28. The summed E-state index contributed by atoms with van der Waals surface area (Å²) in [5.41, 5.74) is 2.93. The zero-order chi connectivity index (χ0) is 24.2. The third kappa shape index (κ3) is 3.65. The summed E-state index contributed by atoms with van der Waals surface area (Å²) >= 11 is 0. The minimum absolute atomic E-state index is 0.121. The maximum Gasteiger partial charge on any atom is 0.335 e. The Balaban J connectivity index is 1.22. The van der Waals surface area contributed by atoms with Crippen LogP contribution in [0.5, 0.6) is 0 Å². The van der Waals surface area contributed by atoms with Gasteiger partial charge in [-0.25, -0.2) is 4.79 Å². The number of aromatic amines is 1. The largest absolute Gasteiger partial charge is 0.478 e. The average Bonchev–Trinajstić information content (AvgIpc) is 3.33. The van der Waals surface area contributed by atoms with E-state index in [2.05, 4.69) is 15.4 Å². The van der Waals surface area contributed by atoms with Gasteiger partial charge in [-0.2, -0.15) is 5.10 Å². The molecule has 2 aromatic carbocycles. The molecular formula is C26H23N5O4. The summed E-state index contributed by atoms with van der Waals surface area (Å²) in [6.07, 6.45) is 3.01. The molecular weight excluding hydrogens is 446 g/mol.